The normalized spacial score (nSPS) is 22.0. The van der Waals surface area contributed by atoms with Crippen molar-refractivity contribution in [3.8, 4) is 6.07 Å². The van der Waals surface area contributed by atoms with Gasteiger partial charge in [0.25, 0.3) is 0 Å². The summed E-state index contributed by atoms with van der Waals surface area (Å²) in [5.74, 6) is -0.541. The van der Waals surface area contributed by atoms with Crippen LogP contribution in [0.15, 0.2) is 30.3 Å². The average Bonchev–Trinajstić information content (AvgIpc) is 2.74. The first-order valence-electron chi connectivity index (χ1n) is 6.97. The van der Waals surface area contributed by atoms with Crippen LogP contribution in [0.5, 0.6) is 0 Å². The summed E-state index contributed by atoms with van der Waals surface area (Å²) in [5, 5.41) is 11.7. The van der Waals surface area contributed by atoms with Gasteiger partial charge in [0.05, 0.1) is 6.07 Å². The highest BCUT2D eigenvalue weighted by atomic mass is 16.2. The van der Waals surface area contributed by atoms with Crippen molar-refractivity contribution in [3.63, 3.8) is 0 Å². The number of carbonyl (C=O) groups excluding carboxylic acids is 2. The zero-order valence-electron chi connectivity index (χ0n) is 12.5. The molecule has 0 spiro atoms. The zero-order chi connectivity index (χ0) is 15.6. The van der Waals surface area contributed by atoms with Crippen molar-refractivity contribution in [2.24, 2.45) is 5.41 Å². The molecule has 1 aromatic carbocycles. The van der Waals surface area contributed by atoms with Crippen LogP contribution in [-0.2, 0) is 9.59 Å². The lowest BCUT2D eigenvalue weighted by molar-refractivity contribution is -0.130. The molecule has 1 aliphatic rings. The summed E-state index contributed by atoms with van der Waals surface area (Å²) < 4.78 is 0. The predicted molar refractivity (Wildman–Crippen MR) is 79.3 cm³/mol. The molecule has 1 fully saturated rings. The Hall–Kier alpha value is -2.35. The Kier molecular flexibility index (Phi) is 3.99. The second-order valence-corrected chi connectivity index (χ2v) is 5.89. The number of carbonyl (C=O) groups is 2. The number of para-hydroxylation sites is 1. The molecule has 1 saturated heterocycles. The van der Waals surface area contributed by atoms with Gasteiger partial charge in [-0.1, -0.05) is 18.2 Å². The fourth-order valence-electron chi connectivity index (χ4n) is 2.41. The molecule has 110 valence electrons. The van der Waals surface area contributed by atoms with Gasteiger partial charge in [-0.05, 0) is 39.3 Å². The van der Waals surface area contributed by atoms with Gasteiger partial charge in [-0.15, -0.1) is 0 Å². The number of rotatable bonds is 3. The molecule has 2 amide bonds. The summed E-state index contributed by atoms with van der Waals surface area (Å²) in [6.45, 7) is 5.03. The van der Waals surface area contributed by atoms with Crippen LogP contribution in [0.2, 0.25) is 0 Å². The molecule has 0 aliphatic carbocycles. The van der Waals surface area contributed by atoms with Crippen molar-refractivity contribution < 1.29 is 9.59 Å². The van der Waals surface area contributed by atoms with Crippen LogP contribution in [0, 0.1) is 16.7 Å². The van der Waals surface area contributed by atoms with E-state index in [0.29, 0.717) is 6.42 Å². The fourth-order valence-corrected chi connectivity index (χ4v) is 2.41. The number of amides is 2. The number of hydrogen-bond donors (Lipinski definition) is 1. The Labute approximate surface area is 124 Å². The quantitative estimate of drug-likeness (QED) is 0.921. The monoisotopic (exact) mass is 285 g/mol. The summed E-state index contributed by atoms with van der Waals surface area (Å²) >= 11 is 0. The van der Waals surface area contributed by atoms with E-state index in [1.54, 1.807) is 18.7 Å². The summed E-state index contributed by atoms with van der Waals surface area (Å²) in [6, 6.07) is 10.8. The third-order valence-electron chi connectivity index (χ3n) is 3.74. The molecule has 0 bridgehead atoms. The van der Waals surface area contributed by atoms with E-state index in [1.807, 2.05) is 43.3 Å². The van der Waals surface area contributed by atoms with Gasteiger partial charge in [0.2, 0.25) is 11.8 Å². The molecule has 1 aromatic rings. The van der Waals surface area contributed by atoms with Crippen molar-refractivity contribution in [1.82, 2.24) is 5.32 Å². The van der Waals surface area contributed by atoms with Crippen LogP contribution in [0.3, 0.4) is 0 Å². The molecule has 1 N–H and O–H groups in total. The van der Waals surface area contributed by atoms with Gasteiger partial charge in [0.1, 0.15) is 11.5 Å². The first kappa shape index (κ1) is 15.0. The summed E-state index contributed by atoms with van der Waals surface area (Å²) in [7, 11) is 0. The van der Waals surface area contributed by atoms with Gasteiger partial charge in [-0.2, -0.15) is 5.26 Å². The Balaban J connectivity index is 2.14. The molecule has 21 heavy (non-hydrogen) atoms. The van der Waals surface area contributed by atoms with E-state index in [2.05, 4.69) is 5.32 Å². The topological polar surface area (TPSA) is 73.2 Å². The highest BCUT2D eigenvalue weighted by molar-refractivity contribution is 6.02. The van der Waals surface area contributed by atoms with Crippen molar-refractivity contribution in [3.05, 3.63) is 30.3 Å². The third kappa shape index (κ3) is 2.89. The van der Waals surface area contributed by atoms with Crippen molar-refractivity contribution >= 4 is 17.5 Å². The molecule has 5 heteroatoms. The van der Waals surface area contributed by atoms with Crippen LogP contribution in [-0.4, -0.2) is 23.9 Å². The Morgan fingerprint density at radius 2 is 2.00 bits per heavy atom. The summed E-state index contributed by atoms with van der Waals surface area (Å²) in [4.78, 5) is 26.2. The summed E-state index contributed by atoms with van der Waals surface area (Å²) in [5.41, 5.74) is -0.310. The number of benzene rings is 1. The predicted octanol–water partition coefficient (Wildman–Crippen LogP) is 1.85. The van der Waals surface area contributed by atoms with E-state index in [-0.39, 0.29) is 11.9 Å². The maximum atomic E-state index is 12.5. The van der Waals surface area contributed by atoms with Gasteiger partial charge in [0, 0.05) is 11.7 Å². The first-order chi connectivity index (χ1) is 9.86. The van der Waals surface area contributed by atoms with Gasteiger partial charge >= 0.3 is 0 Å². The molecule has 0 aromatic heterocycles. The van der Waals surface area contributed by atoms with E-state index in [1.165, 1.54) is 0 Å². The maximum absolute atomic E-state index is 12.5. The van der Waals surface area contributed by atoms with E-state index in [0.717, 1.165) is 5.69 Å². The lowest BCUT2D eigenvalue weighted by Crippen LogP contribution is -2.46. The van der Waals surface area contributed by atoms with E-state index >= 15 is 0 Å². The van der Waals surface area contributed by atoms with Gasteiger partial charge in [0.15, 0.2) is 0 Å². The number of nitrogens with one attached hydrogen (secondary N) is 1. The van der Waals surface area contributed by atoms with E-state index in [9.17, 15) is 9.59 Å². The van der Waals surface area contributed by atoms with E-state index < -0.39 is 17.4 Å². The first-order valence-corrected chi connectivity index (χ1v) is 6.97. The van der Waals surface area contributed by atoms with Crippen LogP contribution in [0.4, 0.5) is 5.69 Å². The Bertz CT molecular complexity index is 589. The zero-order valence-corrected chi connectivity index (χ0v) is 12.5. The lowest BCUT2D eigenvalue weighted by Gasteiger charge is -2.22. The highest BCUT2D eigenvalue weighted by Gasteiger charge is 2.40. The smallest absolute Gasteiger partial charge is 0.249 e. The SMILES string of the molecule is C[C@@H]1C[C@H](NC(=O)C(C)(C)C#N)C(=O)N1c1ccccc1. The number of nitrogens with zero attached hydrogens (tertiary/aromatic N) is 2. The minimum Gasteiger partial charge on any atom is -0.343 e. The molecule has 2 rings (SSSR count). The molecule has 0 unspecified atom stereocenters. The van der Waals surface area contributed by atoms with Gasteiger partial charge in [-0.3, -0.25) is 9.59 Å². The van der Waals surface area contributed by atoms with Crippen molar-refractivity contribution in [2.45, 2.75) is 39.3 Å². The number of anilines is 1. The molecule has 5 nitrogen and oxygen atoms in total. The second-order valence-electron chi connectivity index (χ2n) is 5.89. The van der Waals surface area contributed by atoms with Crippen LogP contribution in [0.25, 0.3) is 0 Å². The molecule has 0 saturated carbocycles. The molecule has 2 atom stereocenters. The van der Waals surface area contributed by atoms with Crippen molar-refractivity contribution in [1.29, 1.82) is 5.26 Å². The summed E-state index contributed by atoms with van der Waals surface area (Å²) in [6.07, 6.45) is 0.543. The maximum Gasteiger partial charge on any atom is 0.249 e. The lowest BCUT2D eigenvalue weighted by atomic mass is 9.94. The average molecular weight is 285 g/mol. The number of nitriles is 1. The van der Waals surface area contributed by atoms with Crippen molar-refractivity contribution in [2.75, 3.05) is 4.90 Å². The molecule has 1 heterocycles. The molecular formula is C16H19N3O2. The molecule has 1 aliphatic heterocycles. The van der Waals surface area contributed by atoms with Gasteiger partial charge in [-0.25, -0.2) is 0 Å². The van der Waals surface area contributed by atoms with Crippen LogP contribution >= 0.6 is 0 Å². The third-order valence-corrected chi connectivity index (χ3v) is 3.74. The standard InChI is InChI=1S/C16H19N3O2/c1-11-9-13(18-15(21)16(2,3)10-17)14(20)19(11)12-7-5-4-6-8-12/h4-8,11,13H,9H2,1-3H3,(H,18,21)/t11-,13+/m1/s1. The highest BCUT2D eigenvalue weighted by Crippen LogP contribution is 2.27. The Morgan fingerprint density at radius 3 is 2.57 bits per heavy atom. The fraction of sp³-hybridized carbons (Fsp3) is 0.438. The Morgan fingerprint density at radius 1 is 1.38 bits per heavy atom. The van der Waals surface area contributed by atoms with Gasteiger partial charge < -0.3 is 10.2 Å². The molecule has 0 radical (unpaired) electrons. The number of hydrogen-bond acceptors (Lipinski definition) is 3. The largest absolute Gasteiger partial charge is 0.343 e. The van der Waals surface area contributed by atoms with Crippen LogP contribution < -0.4 is 10.2 Å². The molecular weight excluding hydrogens is 266 g/mol. The minimum atomic E-state index is -1.14. The minimum absolute atomic E-state index is 0.00963. The van der Waals surface area contributed by atoms with E-state index in [4.69, 9.17) is 5.26 Å². The van der Waals surface area contributed by atoms with Crippen LogP contribution in [0.1, 0.15) is 27.2 Å². The second kappa shape index (κ2) is 5.57.